The topological polar surface area (TPSA) is 84.5 Å². The van der Waals surface area contributed by atoms with Gasteiger partial charge in [0.25, 0.3) is 5.91 Å². The fraction of sp³-hybridized carbons (Fsp3) is 0.0455. The first-order valence-corrected chi connectivity index (χ1v) is 10.4. The Hall–Kier alpha value is -3.49. The Balaban J connectivity index is 1.85. The molecule has 1 amide bonds. The fourth-order valence-corrected chi connectivity index (χ4v) is 3.67. The molecule has 0 saturated heterocycles. The molecule has 0 aliphatic rings. The Morgan fingerprint density at radius 3 is 2.47 bits per heavy atom. The van der Waals surface area contributed by atoms with E-state index in [9.17, 15) is 17.6 Å². The van der Waals surface area contributed by atoms with Crippen molar-refractivity contribution in [3.8, 4) is 11.5 Å². The number of ether oxygens (including phenoxy) is 1. The molecule has 3 rings (SSSR count). The second-order valence-electron chi connectivity index (χ2n) is 6.15. The first kappa shape index (κ1) is 21.2. The van der Waals surface area contributed by atoms with E-state index in [1.54, 1.807) is 36.4 Å². The average molecular weight is 426 g/mol. The highest BCUT2D eigenvalue weighted by Gasteiger charge is 2.21. The minimum absolute atomic E-state index is 0.0232. The monoisotopic (exact) mass is 426 g/mol. The van der Waals surface area contributed by atoms with Crippen molar-refractivity contribution in [3.63, 3.8) is 0 Å². The maximum absolute atomic E-state index is 14.1. The van der Waals surface area contributed by atoms with Crippen molar-refractivity contribution in [1.29, 1.82) is 0 Å². The number of benzene rings is 3. The number of hydrogen-bond donors (Lipinski definition) is 2. The van der Waals surface area contributed by atoms with Crippen molar-refractivity contribution >= 4 is 21.6 Å². The van der Waals surface area contributed by atoms with Gasteiger partial charge in [-0.3, -0.25) is 4.79 Å². The normalized spacial score (nSPS) is 11.0. The largest absolute Gasteiger partial charge is 0.455 e. The predicted molar refractivity (Wildman–Crippen MR) is 113 cm³/mol. The SMILES string of the molecule is C=CCNS(=O)(=O)c1cc(C(=O)Nc2ccccc2Oc2ccccc2)ccc1F. The van der Waals surface area contributed by atoms with Gasteiger partial charge >= 0.3 is 0 Å². The van der Waals surface area contributed by atoms with Crippen molar-refractivity contribution in [2.24, 2.45) is 0 Å². The molecule has 0 unspecified atom stereocenters. The van der Waals surface area contributed by atoms with Crippen molar-refractivity contribution in [2.45, 2.75) is 4.90 Å². The number of sulfonamides is 1. The molecular weight excluding hydrogens is 407 g/mol. The van der Waals surface area contributed by atoms with E-state index in [0.717, 1.165) is 12.1 Å². The summed E-state index contributed by atoms with van der Waals surface area (Å²) in [5, 5.41) is 2.67. The number of rotatable bonds is 8. The summed E-state index contributed by atoms with van der Waals surface area (Å²) in [7, 11) is -4.13. The number of amides is 1. The third-order valence-corrected chi connectivity index (χ3v) is 5.45. The molecule has 3 aromatic carbocycles. The summed E-state index contributed by atoms with van der Waals surface area (Å²) < 4.78 is 46.6. The summed E-state index contributed by atoms with van der Waals surface area (Å²) in [6, 6.07) is 18.9. The highest BCUT2D eigenvalue weighted by atomic mass is 32.2. The van der Waals surface area contributed by atoms with Gasteiger partial charge in [0.2, 0.25) is 10.0 Å². The van der Waals surface area contributed by atoms with Crippen LogP contribution < -0.4 is 14.8 Å². The molecule has 6 nitrogen and oxygen atoms in total. The molecule has 0 bridgehead atoms. The maximum atomic E-state index is 14.1. The lowest BCUT2D eigenvalue weighted by atomic mass is 10.2. The number of nitrogens with one attached hydrogen (secondary N) is 2. The first-order valence-electron chi connectivity index (χ1n) is 8.94. The highest BCUT2D eigenvalue weighted by Crippen LogP contribution is 2.29. The molecule has 0 aliphatic carbocycles. The van der Waals surface area contributed by atoms with E-state index in [-0.39, 0.29) is 12.1 Å². The number of carbonyl (C=O) groups excluding carboxylic acids is 1. The number of carbonyl (C=O) groups is 1. The van der Waals surface area contributed by atoms with E-state index < -0.39 is 26.6 Å². The fourth-order valence-electron chi connectivity index (χ4n) is 2.57. The van der Waals surface area contributed by atoms with Crippen molar-refractivity contribution < 1.29 is 22.3 Å². The van der Waals surface area contributed by atoms with Gasteiger partial charge in [-0.2, -0.15) is 0 Å². The quantitative estimate of drug-likeness (QED) is 0.525. The van der Waals surface area contributed by atoms with Gasteiger partial charge in [0.15, 0.2) is 5.75 Å². The van der Waals surface area contributed by atoms with E-state index in [4.69, 9.17) is 4.74 Å². The molecule has 0 saturated carbocycles. The Morgan fingerprint density at radius 2 is 1.73 bits per heavy atom. The number of para-hydroxylation sites is 3. The zero-order chi connectivity index (χ0) is 21.6. The third-order valence-electron chi connectivity index (χ3n) is 4.01. The van der Waals surface area contributed by atoms with Crippen LogP contribution in [0.4, 0.5) is 10.1 Å². The maximum Gasteiger partial charge on any atom is 0.255 e. The van der Waals surface area contributed by atoms with E-state index in [1.807, 2.05) is 18.2 Å². The van der Waals surface area contributed by atoms with Crippen LogP contribution in [0.15, 0.2) is 90.3 Å². The van der Waals surface area contributed by atoms with Crippen LogP contribution in [-0.2, 0) is 10.0 Å². The zero-order valence-corrected chi connectivity index (χ0v) is 16.7. The Morgan fingerprint density at radius 1 is 1.03 bits per heavy atom. The lowest BCUT2D eigenvalue weighted by Gasteiger charge is -2.13. The lowest BCUT2D eigenvalue weighted by molar-refractivity contribution is 0.102. The van der Waals surface area contributed by atoms with Gasteiger partial charge in [-0.05, 0) is 42.5 Å². The van der Waals surface area contributed by atoms with Crippen LogP contribution in [0.5, 0.6) is 11.5 Å². The lowest BCUT2D eigenvalue weighted by Crippen LogP contribution is -2.25. The molecule has 0 aromatic heterocycles. The predicted octanol–water partition coefficient (Wildman–Crippen LogP) is 4.33. The van der Waals surface area contributed by atoms with Crippen LogP contribution >= 0.6 is 0 Å². The summed E-state index contributed by atoms with van der Waals surface area (Å²) in [6.07, 6.45) is 1.33. The van der Waals surface area contributed by atoms with Crippen molar-refractivity contribution in [2.75, 3.05) is 11.9 Å². The minimum Gasteiger partial charge on any atom is -0.455 e. The molecule has 0 radical (unpaired) electrons. The molecule has 0 fully saturated rings. The first-order chi connectivity index (χ1) is 14.4. The van der Waals surface area contributed by atoms with Crippen molar-refractivity contribution in [1.82, 2.24) is 4.72 Å². The van der Waals surface area contributed by atoms with E-state index in [1.165, 1.54) is 12.1 Å². The minimum atomic E-state index is -4.13. The van der Waals surface area contributed by atoms with Gasteiger partial charge < -0.3 is 10.1 Å². The van der Waals surface area contributed by atoms with Gasteiger partial charge in [0.05, 0.1) is 5.69 Å². The van der Waals surface area contributed by atoms with Gasteiger partial charge in [-0.15, -0.1) is 6.58 Å². The van der Waals surface area contributed by atoms with E-state index in [2.05, 4.69) is 16.6 Å². The van der Waals surface area contributed by atoms with Crippen LogP contribution in [0.25, 0.3) is 0 Å². The molecule has 3 aromatic rings. The second-order valence-corrected chi connectivity index (χ2v) is 7.89. The molecule has 8 heteroatoms. The zero-order valence-electron chi connectivity index (χ0n) is 15.8. The molecule has 154 valence electrons. The Labute approximate surface area is 174 Å². The van der Waals surface area contributed by atoms with Crippen LogP contribution in [-0.4, -0.2) is 20.9 Å². The molecule has 0 atom stereocenters. The third kappa shape index (κ3) is 5.11. The van der Waals surface area contributed by atoms with Crippen LogP contribution in [0.2, 0.25) is 0 Å². The Bertz CT molecular complexity index is 1160. The molecular formula is C22H19FN2O4S. The smallest absolute Gasteiger partial charge is 0.255 e. The number of anilines is 1. The Kier molecular flexibility index (Phi) is 6.61. The molecule has 30 heavy (non-hydrogen) atoms. The molecule has 0 aliphatic heterocycles. The summed E-state index contributed by atoms with van der Waals surface area (Å²) >= 11 is 0. The number of hydrogen-bond acceptors (Lipinski definition) is 4. The van der Waals surface area contributed by atoms with Gasteiger partial charge in [-0.25, -0.2) is 17.5 Å². The average Bonchev–Trinajstić information content (AvgIpc) is 2.74. The van der Waals surface area contributed by atoms with Gasteiger partial charge in [0.1, 0.15) is 16.5 Å². The summed E-state index contributed by atoms with van der Waals surface area (Å²) in [5.74, 6) is -0.586. The van der Waals surface area contributed by atoms with Gasteiger partial charge in [0, 0.05) is 12.1 Å². The molecule has 2 N–H and O–H groups in total. The van der Waals surface area contributed by atoms with E-state index in [0.29, 0.717) is 17.2 Å². The molecule has 0 heterocycles. The second kappa shape index (κ2) is 9.34. The van der Waals surface area contributed by atoms with E-state index >= 15 is 0 Å². The van der Waals surface area contributed by atoms with Gasteiger partial charge in [-0.1, -0.05) is 36.4 Å². The number of halogens is 1. The van der Waals surface area contributed by atoms with Crippen LogP contribution in [0.3, 0.4) is 0 Å². The van der Waals surface area contributed by atoms with Crippen molar-refractivity contribution in [3.05, 3.63) is 96.8 Å². The molecule has 0 spiro atoms. The van der Waals surface area contributed by atoms with Crippen LogP contribution in [0, 0.1) is 5.82 Å². The summed E-state index contributed by atoms with van der Waals surface area (Å²) in [5.41, 5.74) is 0.356. The van der Waals surface area contributed by atoms with Crippen LogP contribution in [0.1, 0.15) is 10.4 Å². The summed E-state index contributed by atoms with van der Waals surface area (Å²) in [4.78, 5) is 12.1. The standard InChI is InChI=1S/C22H19FN2O4S/c1-2-14-24-30(27,28)21-15-16(12-13-18(21)23)22(26)25-19-10-6-7-11-20(19)29-17-8-4-3-5-9-17/h2-13,15,24H,1,14H2,(H,25,26). The highest BCUT2D eigenvalue weighted by molar-refractivity contribution is 7.89. The summed E-state index contributed by atoms with van der Waals surface area (Å²) in [6.45, 7) is 3.35.